The lowest BCUT2D eigenvalue weighted by Gasteiger charge is -2.08. The Labute approximate surface area is 199 Å². The van der Waals surface area contributed by atoms with Gasteiger partial charge in [0.25, 0.3) is 5.69 Å². The molecule has 3 aromatic carbocycles. The Balaban J connectivity index is 1.28. The molecular formula is C23H20N4O5S2. The van der Waals surface area contributed by atoms with Crippen LogP contribution >= 0.6 is 11.8 Å². The van der Waals surface area contributed by atoms with Gasteiger partial charge in [-0.2, -0.15) is 0 Å². The summed E-state index contributed by atoms with van der Waals surface area (Å²) >= 11 is 1.55. The minimum absolute atomic E-state index is 0.0292. The second-order valence-corrected chi connectivity index (χ2v) is 10.4. The molecule has 0 fully saturated rings. The van der Waals surface area contributed by atoms with Gasteiger partial charge < -0.3 is 10.3 Å². The van der Waals surface area contributed by atoms with Crippen LogP contribution in [0.25, 0.3) is 11.0 Å². The molecule has 0 aliphatic carbocycles. The van der Waals surface area contributed by atoms with Crippen molar-refractivity contribution in [1.29, 1.82) is 0 Å². The van der Waals surface area contributed by atoms with Crippen LogP contribution in [-0.4, -0.2) is 35.0 Å². The number of rotatable bonds is 9. The second kappa shape index (κ2) is 10.1. The summed E-state index contributed by atoms with van der Waals surface area (Å²) in [7, 11) is -3.83. The number of fused-ring (bicyclic) bond motifs is 1. The number of benzene rings is 3. The molecule has 0 spiro atoms. The molecule has 4 aromatic rings. The third-order valence-electron chi connectivity index (χ3n) is 4.96. The zero-order chi connectivity index (χ0) is 24.1. The molecule has 11 heteroatoms. The van der Waals surface area contributed by atoms with Crippen LogP contribution < -0.4 is 5.32 Å². The van der Waals surface area contributed by atoms with Gasteiger partial charge in [-0.05, 0) is 55.0 Å². The van der Waals surface area contributed by atoms with E-state index in [1.807, 2.05) is 24.3 Å². The van der Waals surface area contributed by atoms with Gasteiger partial charge in [-0.15, -0.1) is 0 Å². The van der Waals surface area contributed by atoms with Gasteiger partial charge in [0.15, 0.2) is 5.16 Å². The Morgan fingerprint density at radius 1 is 1.00 bits per heavy atom. The minimum atomic E-state index is -3.83. The van der Waals surface area contributed by atoms with Crippen LogP contribution in [0.1, 0.15) is 12.8 Å². The molecule has 2 N–H and O–H groups in total. The Morgan fingerprint density at radius 3 is 2.29 bits per heavy atom. The number of amides is 1. The maximum Gasteiger partial charge on any atom is 0.269 e. The number of imidazole rings is 1. The topological polar surface area (TPSA) is 135 Å². The van der Waals surface area contributed by atoms with Gasteiger partial charge in [0.1, 0.15) is 0 Å². The van der Waals surface area contributed by atoms with E-state index in [1.54, 1.807) is 11.8 Å². The highest BCUT2D eigenvalue weighted by molar-refractivity contribution is 7.99. The van der Waals surface area contributed by atoms with Gasteiger partial charge in [-0.3, -0.25) is 14.9 Å². The number of carbonyl (C=O) groups is 1. The Kier molecular flexibility index (Phi) is 6.94. The molecule has 4 rings (SSSR count). The molecule has 1 aromatic heterocycles. The zero-order valence-electron chi connectivity index (χ0n) is 17.8. The lowest BCUT2D eigenvalue weighted by atomic mass is 10.3. The number of carbonyl (C=O) groups excluding carboxylic acids is 1. The molecule has 0 bridgehead atoms. The molecule has 0 aliphatic heterocycles. The van der Waals surface area contributed by atoms with Crippen LogP contribution in [0.4, 0.5) is 11.4 Å². The van der Waals surface area contributed by atoms with Crippen molar-refractivity contribution in [1.82, 2.24) is 9.97 Å². The number of anilines is 1. The quantitative estimate of drug-likeness (QED) is 0.147. The number of aromatic amines is 1. The molecule has 0 saturated carbocycles. The average Bonchev–Trinajstić information content (AvgIpc) is 3.25. The first-order chi connectivity index (χ1) is 16.3. The molecular weight excluding hydrogens is 476 g/mol. The van der Waals surface area contributed by atoms with Crippen molar-refractivity contribution in [3.05, 3.63) is 82.9 Å². The summed E-state index contributed by atoms with van der Waals surface area (Å²) in [5, 5.41) is 14.3. The van der Waals surface area contributed by atoms with Gasteiger partial charge in [0.2, 0.25) is 15.7 Å². The fourth-order valence-corrected chi connectivity index (χ4v) is 5.31. The molecule has 0 unspecified atom stereocenters. The maximum absolute atomic E-state index is 12.7. The third kappa shape index (κ3) is 5.43. The Bertz CT molecular complexity index is 1400. The van der Waals surface area contributed by atoms with Gasteiger partial charge in [0, 0.05) is 30.0 Å². The SMILES string of the molecule is O=C(CCCSc1nc2ccccc2[nH]1)Nc1ccc(S(=O)(=O)c2ccc([N+](=O)[O-])cc2)cc1. The zero-order valence-corrected chi connectivity index (χ0v) is 19.4. The van der Waals surface area contributed by atoms with E-state index < -0.39 is 14.8 Å². The molecule has 1 heterocycles. The Hall–Kier alpha value is -3.70. The number of sulfone groups is 1. The molecule has 174 valence electrons. The van der Waals surface area contributed by atoms with E-state index >= 15 is 0 Å². The minimum Gasteiger partial charge on any atom is -0.333 e. The highest BCUT2D eigenvalue weighted by Gasteiger charge is 2.19. The van der Waals surface area contributed by atoms with E-state index in [0.29, 0.717) is 18.5 Å². The second-order valence-electron chi connectivity index (χ2n) is 7.34. The van der Waals surface area contributed by atoms with Gasteiger partial charge in [0.05, 0.1) is 25.7 Å². The van der Waals surface area contributed by atoms with Crippen LogP contribution in [0.3, 0.4) is 0 Å². The molecule has 0 aliphatic rings. The first-order valence-electron chi connectivity index (χ1n) is 10.3. The normalized spacial score (nSPS) is 11.4. The summed E-state index contributed by atoms with van der Waals surface area (Å²) in [6.45, 7) is 0. The van der Waals surface area contributed by atoms with Crippen LogP contribution in [0, 0.1) is 10.1 Å². The fourth-order valence-electron chi connectivity index (χ4n) is 3.22. The number of aromatic nitrogens is 2. The first kappa shape index (κ1) is 23.5. The number of non-ortho nitro benzene ring substituents is 1. The third-order valence-corrected chi connectivity index (χ3v) is 7.71. The lowest BCUT2D eigenvalue weighted by Crippen LogP contribution is -2.11. The van der Waals surface area contributed by atoms with E-state index in [2.05, 4.69) is 15.3 Å². The van der Waals surface area contributed by atoms with Crippen LogP contribution in [-0.2, 0) is 14.6 Å². The molecule has 0 saturated heterocycles. The first-order valence-corrected chi connectivity index (χ1v) is 12.8. The van der Waals surface area contributed by atoms with Gasteiger partial charge in [-0.1, -0.05) is 23.9 Å². The van der Waals surface area contributed by atoms with Crippen molar-refractivity contribution in [3.63, 3.8) is 0 Å². The highest BCUT2D eigenvalue weighted by atomic mass is 32.2. The molecule has 34 heavy (non-hydrogen) atoms. The van der Waals surface area contributed by atoms with E-state index in [0.717, 1.165) is 34.1 Å². The smallest absolute Gasteiger partial charge is 0.269 e. The number of nitro benzene ring substituents is 1. The summed E-state index contributed by atoms with van der Waals surface area (Å²) in [4.78, 5) is 30.1. The summed E-state index contributed by atoms with van der Waals surface area (Å²) in [5.41, 5.74) is 2.18. The number of para-hydroxylation sites is 2. The summed E-state index contributed by atoms with van der Waals surface area (Å²) in [5.74, 6) is 0.552. The monoisotopic (exact) mass is 496 g/mol. The van der Waals surface area contributed by atoms with E-state index in [4.69, 9.17) is 0 Å². The van der Waals surface area contributed by atoms with Gasteiger partial charge >= 0.3 is 0 Å². The van der Waals surface area contributed by atoms with Crippen molar-refractivity contribution in [2.45, 2.75) is 27.8 Å². The predicted octanol–water partition coefficient (Wildman–Crippen LogP) is 4.81. The van der Waals surface area contributed by atoms with Crippen LogP contribution in [0.2, 0.25) is 0 Å². The van der Waals surface area contributed by atoms with E-state index in [1.165, 1.54) is 36.4 Å². The number of nitro groups is 1. The van der Waals surface area contributed by atoms with Crippen LogP contribution in [0.5, 0.6) is 0 Å². The standard InChI is InChI=1S/C23H20N4O5S2/c28-22(6-3-15-33-23-25-20-4-1-2-5-21(20)26-23)24-16-7-11-18(12-8-16)34(31,32)19-13-9-17(10-14-19)27(29)30/h1-2,4-5,7-14H,3,6,15H2,(H,24,28)(H,25,26). The number of hydrogen-bond acceptors (Lipinski definition) is 7. The highest BCUT2D eigenvalue weighted by Crippen LogP contribution is 2.25. The molecule has 0 atom stereocenters. The summed E-state index contributed by atoms with van der Waals surface area (Å²) in [6.07, 6.45) is 0.968. The van der Waals surface area contributed by atoms with Gasteiger partial charge in [-0.25, -0.2) is 13.4 Å². The predicted molar refractivity (Wildman–Crippen MR) is 130 cm³/mol. The van der Waals surface area contributed by atoms with Crippen LogP contribution in [0.15, 0.2) is 87.7 Å². The molecule has 1 amide bonds. The number of H-pyrrole nitrogens is 1. The fraction of sp³-hybridized carbons (Fsp3) is 0.130. The lowest BCUT2D eigenvalue weighted by molar-refractivity contribution is -0.384. The number of thioether (sulfide) groups is 1. The van der Waals surface area contributed by atoms with Crippen molar-refractivity contribution < 1.29 is 18.1 Å². The average molecular weight is 497 g/mol. The van der Waals surface area contributed by atoms with Crippen molar-refractivity contribution >= 4 is 49.9 Å². The molecule has 9 nitrogen and oxygen atoms in total. The van der Waals surface area contributed by atoms with Crippen molar-refractivity contribution in [3.8, 4) is 0 Å². The number of nitrogens with one attached hydrogen (secondary N) is 2. The van der Waals surface area contributed by atoms with Crippen molar-refractivity contribution in [2.75, 3.05) is 11.1 Å². The maximum atomic E-state index is 12.7. The summed E-state index contributed by atoms with van der Waals surface area (Å²) in [6, 6.07) is 18.3. The molecule has 0 radical (unpaired) electrons. The summed E-state index contributed by atoms with van der Waals surface area (Å²) < 4.78 is 25.5. The number of hydrogen-bond donors (Lipinski definition) is 2. The number of nitrogens with zero attached hydrogens (tertiary/aromatic N) is 2. The largest absolute Gasteiger partial charge is 0.333 e. The van der Waals surface area contributed by atoms with Crippen molar-refractivity contribution in [2.24, 2.45) is 0 Å². The van der Waals surface area contributed by atoms with E-state index in [9.17, 15) is 23.3 Å². The Morgan fingerprint density at radius 2 is 1.65 bits per heavy atom. The van der Waals surface area contributed by atoms with E-state index in [-0.39, 0.29) is 21.4 Å².